The van der Waals surface area contributed by atoms with E-state index in [2.05, 4.69) is 15.6 Å². The van der Waals surface area contributed by atoms with Crippen LogP contribution in [0.1, 0.15) is 23.2 Å². The zero-order valence-electron chi connectivity index (χ0n) is 15.8. The van der Waals surface area contributed by atoms with E-state index in [9.17, 15) is 9.59 Å². The molecule has 1 aliphatic rings. The Morgan fingerprint density at radius 1 is 1.17 bits per heavy atom. The first kappa shape index (κ1) is 24.6. The molecule has 2 amide bonds. The maximum Gasteiger partial charge on any atom is 0.257 e. The van der Waals surface area contributed by atoms with E-state index in [0.29, 0.717) is 48.7 Å². The van der Waals surface area contributed by atoms with Gasteiger partial charge in [-0.2, -0.15) is 0 Å². The second-order valence-electron chi connectivity index (χ2n) is 6.33. The number of methoxy groups -OCH3 is 1. The van der Waals surface area contributed by atoms with Crippen LogP contribution in [0, 0.1) is 0 Å². The molecule has 0 radical (unpaired) electrons. The largest absolute Gasteiger partial charge is 0.494 e. The fourth-order valence-electron chi connectivity index (χ4n) is 2.78. The minimum Gasteiger partial charge on any atom is -0.494 e. The third kappa shape index (κ3) is 6.04. The molecular formula is C19H24Cl2N4O4. The Labute approximate surface area is 181 Å². The van der Waals surface area contributed by atoms with Crippen molar-refractivity contribution in [3.63, 3.8) is 0 Å². The van der Waals surface area contributed by atoms with Gasteiger partial charge in [0.05, 0.1) is 18.4 Å². The van der Waals surface area contributed by atoms with E-state index >= 15 is 0 Å². The number of aromatic nitrogens is 1. The lowest BCUT2D eigenvalue weighted by molar-refractivity contribution is -0.124. The number of hydrogen-bond acceptors (Lipinski definition) is 6. The SMILES string of the molecule is COc1cc(NC(=O)C2(N)CCOCC2)ccc1NC(=O)c1cccnc1.Cl.Cl. The molecule has 0 spiro atoms. The minimum absolute atomic E-state index is 0. The van der Waals surface area contributed by atoms with Gasteiger partial charge in [-0.05, 0) is 37.1 Å². The Hall–Kier alpha value is -2.39. The van der Waals surface area contributed by atoms with Gasteiger partial charge in [0.1, 0.15) is 11.3 Å². The van der Waals surface area contributed by atoms with Crippen LogP contribution >= 0.6 is 24.8 Å². The monoisotopic (exact) mass is 442 g/mol. The van der Waals surface area contributed by atoms with Crippen molar-refractivity contribution in [1.29, 1.82) is 0 Å². The summed E-state index contributed by atoms with van der Waals surface area (Å²) >= 11 is 0. The van der Waals surface area contributed by atoms with Gasteiger partial charge in [0.15, 0.2) is 0 Å². The topological polar surface area (TPSA) is 116 Å². The molecule has 1 aromatic heterocycles. The van der Waals surface area contributed by atoms with Gasteiger partial charge in [-0.25, -0.2) is 0 Å². The van der Waals surface area contributed by atoms with Crippen molar-refractivity contribution in [1.82, 2.24) is 4.98 Å². The lowest BCUT2D eigenvalue weighted by Gasteiger charge is -2.31. The third-order valence-electron chi connectivity index (χ3n) is 4.47. The summed E-state index contributed by atoms with van der Waals surface area (Å²) in [5, 5.41) is 5.59. The molecule has 0 aliphatic carbocycles. The normalized spacial score (nSPS) is 14.6. The van der Waals surface area contributed by atoms with E-state index in [1.165, 1.54) is 13.3 Å². The van der Waals surface area contributed by atoms with Crippen LogP contribution in [0.3, 0.4) is 0 Å². The minimum atomic E-state index is -0.946. The molecule has 0 atom stereocenters. The van der Waals surface area contributed by atoms with Crippen molar-refractivity contribution in [2.75, 3.05) is 31.0 Å². The number of benzene rings is 1. The fourth-order valence-corrected chi connectivity index (χ4v) is 2.78. The highest BCUT2D eigenvalue weighted by Gasteiger charge is 2.36. The number of amides is 2. The summed E-state index contributed by atoms with van der Waals surface area (Å²) in [5.74, 6) is -0.149. The number of carbonyl (C=O) groups is 2. The van der Waals surface area contributed by atoms with E-state index in [4.69, 9.17) is 15.2 Å². The quantitative estimate of drug-likeness (QED) is 0.655. The van der Waals surface area contributed by atoms with E-state index in [1.54, 1.807) is 36.5 Å². The Morgan fingerprint density at radius 2 is 1.90 bits per heavy atom. The lowest BCUT2D eigenvalue weighted by atomic mass is 9.90. The summed E-state index contributed by atoms with van der Waals surface area (Å²) in [4.78, 5) is 28.7. The molecule has 0 saturated carbocycles. The van der Waals surface area contributed by atoms with Crippen LogP contribution in [-0.2, 0) is 9.53 Å². The molecule has 1 fully saturated rings. The molecule has 8 nitrogen and oxygen atoms in total. The molecule has 4 N–H and O–H groups in total. The van der Waals surface area contributed by atoms with E-state index < -0.39 is 5.54 Å². The molecule has 3 rings (SSSR count). The van der Waals surface area contributed by atoms with Gasteiger partial charge in [0.2, 0.25) is 5.91 Å². The lowest BCUT2D eigenvalue weighted by Crippen LogP contribution is -2.54. The zero-order chi connectivity index (χ0) is 19.3. The third-order valence-corrected chi connectivity index (χ3v) is 4.47. The standard InChI is InChI=1S/C19H22N4O4.2ClH/c1-26-16-11-14(22-18(25)19(20)6-9-27-10-7-19)4-5-15(16)23-17(24)13-3-2-8-21-12-13;;/h2-5,8,11-12H,6-7,9-10,20H2,1H3,(H,22,25)(H,23,24);2*1H. The van der Waals surface area contributed by atoms with E-state index in [-0.39, 0.29) is 36.6 Å². The summed E-state index contributed by atoms with van der Waals surface area (Å²) in [6, 6.07) is 8.33. The van der Waals surface area contributed by atoms with Crippen molar-refractivity contribution in [3.05, 3.63) is 48.3 Å². The molecule has 1 saturated heterocycles. The number of rotatable bonds is 5. The Balaban J connectivity index is 0.00000210. The maximum atomic E-state index is 12.5. The van der Waals surface area contributed by atoms with Gasteiger partial charge in [-0.3, -0.25) is 14.6 Å². The van der Waals surface area contributed by atoms with Gasteiger partial charge >= 0.3 is 0 Å². The average molecular weight is 443 g/mol. The summed E-state index contributed by atoms with van der Waals surface area (Å²) in [5.41, 5.74) is 6.70. The van der Waals surface area contributed by atoms with Crippen LogP contribution < -0.4 is 21.1 Å². The number of anilines is 2. The van der Waals surface area contributed by atoms with Crippen LogP contribution in [-0.4, -0.2) is 42.7 Å². The summed E-state index contributed by atoms with van der Waals surface area (Å²) in [7, 11) is 1.49. The van der Waals surface area contributed by atoms with Crippen LogP contribution in [0.15, 0.2) is 42.7 Å². The van der Waals surface area contributed by atoms with E-state index in [0.717, 1.165) is 0 Å². The first-order valence-electron chi connectivity index (χ1n) is 8.59. The van der Waals surface area contributed by atoms with Crippen LogP contribution in [0.25, 0.3) is 0 Å². The summed E-state index contributed by atoms with van der Waals surface area (Å²) in [6.45, 7) is 0.930. The molecule has 0 unspecified atom stereocenters. The number of hydrogen-bond donors (Lipinski definition) is 3. The molecule has 2 heterocycles. The van der Waals surface area contributed by atoms with Crippen molar-refractivity contribution in [2.24, 2.45) is 5.73 Å². The molecule has 29 heavy (non-hydrogen) atoms. The maximum absolute atomic E-state index is 12.5. The van der Waals surface area contributed by atoms with Gasteiger partial charge in [0, 0.05) is 37.4 Å². The summed E-state index contributed by atoms with van der Waals surface area (Å²) in [6.07, 6.45) is 4.01. The Morgan fingerprint density at radius 3 is 2.52 bits per heavy atom. The molecule has 0 bridgehead atoms. The van der Waals surface area contributed by atoms with Crippen molar-refractivity contribution >= 4 is 48.0 Å². The number of pyridine rings is 1. The highest BCUT2D eigenvalue weighted by Crippen LogP contribution is 2.29. The van der Waals surface area contributed by atoms with Gasteiger partial charge < -0.3 is 25.8 Å². The first-order valence-corrected chi connectivity index (χ1v) is 8.59. The Kier molecular flexibility index (Phi) is 9.32. The zero-order valence-corrected chi connectivity index (χ0v) is 17.5. The molecule has 1 aliphatic heterocycles. The first-order chi connectivity index (χ1) is 13.0. The average Bonchev–Trinajstić information content (AvgIpc) is 2.70. The number of nitrogens with one attached hydrogen (secondary N) is 2. The van der Waals surface area contributed by atoms with Crippen LogP contribution in [0.2, 0.25) is 0 Å². The second kappa shape index (κ2) is 11.0. The van der Waals surface area contributed by atoms with Crippen LogP contribution in [0.5, 0.6) is 5.75 Å². The smallest absolute Gasteiger partial charge is 0.257 e. The number of nitrogens with two attached hydrogens (primary N) is 1. The predicted molar refractivity (Wildman–Crippen MR) is 115 cm³/mol. The second-order valence-corrected chi connectivity index (χ2v) is 6.33. The number of carbonyl (C=O) groups excluding carboxylic acids is 2. The highest BCUT2D eigenvalue weighted by molar-refractivity contribution is 6.05. The fraction of sp³-hybridized carbons (Fsp3) is 0.316. The molecular weight excluding hydrogens is 419 g/mol. The van der Waals surface area contributed by atoms with E-state index in [1.807, 2.05) is 0 Å². The Bertz CT molecular complexity index is 830. The molecule has 2 aromatic rings. The van der Waals surface area contributed by atoms with Crippen molar-refractivity contribution in [3.8, 4) is 5.75 Å². The summed E-state index contributed by atoms with van der Waals surface area (Å²) < 4.78 is 10.6. The highest BCUT2D eigenvalue weighted by atomic mass is 35.5. The van der Waals surface area contributed by atoms with Gasteiger partial charge in [-0.1, -0.05) is 0 Å². The molecule has 1 aromatic carbocycles. The predicted octanol–water partition coefficient (Wildman–Crippen LogP) is 2.63. The number of halogens is 2. The van der Waals surface area contributed by atoms with Gasteiger partial charge in [-0.15, -0.1) is 24.8 Å². The van der Waals surface area contributed by atoms with Gasteiger partial charge in [0.25, 0.3) is 5.91 Å². The van der Waals surface area contributed by atoms with Crippen molar-refractivity contribution in [2.45, 2.75) is 18.4 Å². The molecule has 10 heteroatoms. The number of ether oxygens (including phenoxy) is 2. The number of nitrogens with zero attached hydrogens (tertiary/aromatic N) is 1. The van der Waals surface area contributed by atoms with Crippen molar-refractivity contribution < 1.29 is 19.1 Å². The van der Waals surface area contributed by atoms with Crippen LogP contribution in [0.4, 0.5) is 11.4 Å². The molecule has 158 valence electrons.